The molecule has 0 radical (unpaired) electrons. The van der Waals surface area contributed by atoms with Gasteiger partial charge in [-0.05, 0) is 18.9 Å². The Morgan fingerprint density at radius 2 is 1.95 bits per heavy atom. The van der Waals surface area contributed by atoms with Gasteiger partial charge in [-0.25, -0.2) is 0 Å². The molecule has 0 unspecified atom stereocenters. The van der Waals surface area contributed by atoms with E-state index in [1.165, 1.54) is 0 Å². The third kappa shape index (κ3) is 1.78. The van der Waals surface area contributed by atoms with E-state index in [0.717, 1.165) is 12.0 Å². The second kappa shape index (κ2) is 4.32. The van der Waals surface area contributed by atoms with E-state index in [0.29, 0.717) is 0 Å². The van der Waals surface area contributed by atoms with E-state index >= 15 is 0 Å². The van der Waals surface area contributed by atoms with Crippen LogP contribution in [0, 0.1) is 0 Å². The molecule has 1 amide bonds. The van der Waals surface area contributed by atoms with Gasteiger partial charge in [-0.3, -0.25) is 4.79 Å². The number of carbonyl (C=O) groups excluding carboxylic acids is 1. The summed E-state index contributed by atoms with van der Waals surface area (Å²) in [6.45, 7) is 4.01. The number of hydrogen-bond acceptors (Lipinski definition) is 3. The average Bonchev–Trinajstić information content (AvgIpc) is 3.16. The molecule has 0 bridgehead atoms. The predicted octanol–water partition coefficient (Wildman–Crippen LogP) is 2.11. The van der Waals surface area contributed by atoms with Crippen molar-refractivity contribution in [2.24, 2.45) is 0 Å². The molecule has 2 aliphatic heterocycles. The molecule has 0 aliphatic carbocycles. The van der Waals surface area contributed by atoms with Crippen molar-refractivity contribution in [2.45, 2.75) is 44.3 Å². The lowest BCUT2D eigenvalue weighted by molar-refractivity contribution is -0.193. The minimum Gasteiger partial charge on any atom is -0.335 e. The maximum atomic E-state index is 12.3. The quantitative estimate of drug-likeness (QED) is 0.766. The summed E-state index contributed by atoms with van der Waals surface area (Å²) in [5, 5.41) is 0. The van der Waals surface area contributed by atoms with Crippen molar-refractivity contribution >= 4 is 5.91 Å². The fourth-order valence-corrected chi connectivity index (χ4v) is 2.78. The van der Waals surface area contributed by atoms with Gasteiger partial charge in [-0.15, -0.1) is 0 Å². The van der Waals surface area contributed by atoms with Crippen molar-refractivity contribution in [1.29, 1.82) is 0 Å². The molecular formula is C15H19NO3. The van der Waals surface area contributed by atoms with Gasteiger partial charge in [0.2, 0.25) is 0 Å². The van der Waals surface area contributed by atoms with Crippen LogP contribution in [0.5, 0.6) is 0 Å². The lowest BCUT2D eigenvalue weighted by Crippen LogP contribution is -2.55. The zero-order valence-corrected chi connectivity index (χ0v) is 11.5. The Hall–Kier alpha value is -1.39. The van der Waals surface area contributed by atoms with E-state index in [1.807, 2.05) is 51.2 Å². The van der Waals surface area contributed by atoms with Crippen LogP contribution in [0.4, 0.5) is 0 Å². The van der Waals surface area contributed by atoms with Crippen LogP contribution in [-0.4, -0.2) is 35.8 Å². The van der Waals surface area contributed by atoms with Gasteiger partial charge in [0.25, 0.3) is 11.7 Å². The largest absolute Gasteiger partial charge is 0.335 e. The molecule has 102 valence electrons. The summed E-state index contributed by atoms with van der Waals surface area (Å²) in [6.07, 6.45) is 0.539. The van der Waals surface area contributed by atoms with Gasteiger partial charge < -0.3 is 14.4 Å². The van der Waals surface area contributed by atoms with Crippen LogP contribution < -0.4 is 0 Å². The third-order valence-corrected chi connectivity index (χ3v) is 4.15. The van der Waals surface area contributed by atoms with Crippen LogP contribution in [-0.2, 0) is 14.3 Å². The van der Waals surface area contributed by atoms with E-state index < -0.39 is 5.79 Å². The molecule has 2 aliphatic rings. The fraction of sp³-hybridized carbons (Fsp3) is 0.533. The van der Waals surface area contributed by atoms with E-state index in [-0.39, 0.29) is 24.2 Å². The molecule has 1 spiro atoms. The van der Waals surface area contributed by atoms with Gasteiger partial charge in [-0.2, -0.15) is 0 Å². The smallest absolute Gasteiger partial charge is 0.285 e. The lowest BCUT2D eigenvalue weighted by Gasteiger charge is -2.40. The normalized spacial score (nSPS) is 37.7. The number of hydrogen-bond donors (Lipinski definition) is 0. The second-order valence-electron chi connectivity index (χ2n) is 5.29. The summed E-state index contributed by atoms with van der Waals surface area (Å²) < 4.78 is 11.6. The summed E-state index contributed by atoms with van der Waals surface area (Å²) in [5.74, 6) is -1.09. The molecule has 0 aromatic heterocycles. The summed E-state index contributed by atoms with van der Waals surface area (Å²) in [4.78, 5) is 14.1. The molecule has 4 heteroatoms. The minimum atomic E-state index is -1.03. The van der Waals surface area contributed by atoms with Gasteiger partial charge in [0, 0.05) is 7.05 Å². The molecule has 4 nitrogen and oxygen atoms in total. The van der Waals surface area contributed by atoms with Crippen LogP contribution in [0.3, 0.4) is 0 Å². The minimum absolute atomic E-state index is 0.00207. The van der Waals surface area contributed by atoms with Crippen molar-refractivity contribution in [1.82, 2.24) is 4.90 Å². The molecule has 4 atom stereocenters. The molecule has 3 rings (SSSR count). The first-order valence-electron chi connectivity index (χ1n) is 6.78. The molecule has 2 saturated heterocycles. The van der Waals surface area contributed by atoms with Crippen molar-refractivity contribution in [3.63, 3.8) is 0 Å². The summed E-state index contributed by atoms with van der Waals surface area (Å²) in [7, 11) is 1.82. The van der Waals surface area contributed by atoms with Crippen LogP contribution in [0.2, 0.25) is 0 Å². The first-order valence-corrected chi connectivity index (χ1v) is 6.78. The zero-order valence-electron chi connectivity index (χ0n) is 11.5. The standard InChI is InChI=1S/C15H19NO3/c1-4-12-15(18-12)14(17)16(3)10(2)13(19-15)11-8-6-5-7-9-11/h5-10,12-13H,4H2,1-3H3/t10-,12-,13-,15-/m0/s1. The highest BCUT2D eigenvalue weighted by Gasteiger charge is 2.68. The SMILES string of the molecule is CC[C@@H]1O[C@]12O[C@H](c1ccccc1)[C@H](C)N(C)C2=O. The van der Waals surface area contributed by atoms with Crippen LogP contribution in [0.15, 0.2) is 30.3 Å². The Morgan fingerprint density at radius 1 is 1.26 bits per heavy atom. The maximum Gasteiger partial charge on any atom is 0.285 e. The molecule has 1 aromatic carbocycles. The number of amides is 1. The van der Waals surface area contributed by atoms with Crippen molar-refractivity contribution in [3.8, 4) is 0 Å². The Bertz CT molecular complexity index is 489. The summed E-state index contributed by atoms with van der Waals surface area (Å²) in [6, 6.07) is 10.0. The molecule has 0 N–H and O–H groups in total. The highest BCUT2D eigenvalue weighted by atomic mass is 16.8. The van der Waals surface area contributed by atoms with Gasteiger partial charge >= 0.3 is 0 Å². The number of morpholine rings is 1. The Morgan fingerprint density at radius 3 is 2.53 bits per heavy atom. The summed E-state index contributed by atoms with van der Waals surface area (Å²) in [5.41, 5.74) is 1.08. The fourth-order valence-electron chi connectivity index (χ4n) is 2.78. The van der Waals surface area contributed by atoms with Gasteiger partial charge in [-0.1, -0.05) is 37.3 Å². The number of likely N-dealkylation sites (N-methyl/N-ethyl adjacent to an activating group) is 1. The summed E-state index contributed by atoms with van der Waals surface area (Å²) >= 11 is 0. The van der Waals surface area contributed by atoms with E-state index in [1.54, 1.807) is 4.90 Å². The molecule has 2 heterocycles. The van der Waals surface area contributed by atoms with E-state index in [4.69, 9.17) is 9.47 Å². The number of nitrogens with zero attached hydrogens (tertiary/aromatic N) is 1. The highest BCUT2D eigenvalue weighted by Crippen LogP contribution is 2.49. The van der Waals surface area contributed by atoms with E-state index in [2.05, 4.69) is 0 Å². The van der Waals surface area contributed by atoms with E-state index in [9.17, 15) is 4.79 Å². The monoisotopic (exact) mass is 261 g/mol. The lowest BCUT2D eigenvalue weighted by atomic mass is 9.98. The zero-order chi connectivity index (χ0) is 13.6. The second-order valence-corrected chi connectivity index (χ2v) is 5.29. The third-order valence-electron chi connectivity index (χ3n) is 4.15. The Kier molecular flexibility index (Phi) is 2.87. The molecule has 0 saturated carbocycles. The Labute approximate surface area is 113 Å². The highest BCUT2D eigenvalue weighted by molar-refractivity contribution is 5.87. The maximum absolute atomic E-state index is 12.3. The van der Waals surface area contributed by atoms with Gasteiger partial charge in [0.05, 0.1) is 6.04 Å². The topological polar surface area (TPSA) is 42.1 Å². The number of benzene rings is 1. The molecule has 1 aromatic rings. The van der Waals surface area contributed by atoms with Crippen LogP contribution in [0.1, 0.15) is 31.9 Å². The van der Waals surface area contributed by atoms with Crippen LogP contribution >= 0.6 is 0 Å². The Balaban J connectivity index is 1.92. The number of ether oxygens (including phenoxy) is 2. The predicted molar refractivity (Wildman–Crippen MR) is 70.4 cm³/mol. The average molecular weight is 261 g/mol. The van der Waals surface area contributed by atoms with Crippen LogP contribution in [0.25, 0.3) is 0 Å². The number of epoxide rings is 1. The van der Waals surface area contributed by atoms with Crippen molar-refractivity contribution in [2.75, 3.05) is 7.05 Å². The van der Waals surface area contributed by atoms with Gasteiger partial charge in [0.15, 0.2) is 0 Å². The van der Waals surface area contributed by atoms with Crippen molar-refractivity contribution < 1.29 is 14.3 Å². The first-order chi connectivity index (χ1) is 9.10. The van der Waals surface area contributed by atoms with Crippen molar-refractivity contribution in [3.05, 3.63) is 35.9 Å². The number of carbonyl (C=O) groups is 1. The molecule has 2 fully saturated rings. The molecular weight excluding hydrogens is 242 g/mol. The number of rotatable bonds is 2. The van der Waals surface area contributed by atoms with Gasteiger partial charge in [0.1, 0.15) is 12.2 Å². The molecule has 19 heavy (non-hydrogen) atoms. The first kappa shape index (κ1) is 12.6.